The van der Waals surface area contributed by atoms with Crippen molar-refractivity contribution in [2.45, 2.75) is 32.1 Å². The minimum Gasteiger partial charge on any atom is -0.344 e. The van der Waals surface area contributed by atoms with Gasteiger partial charge >= 0.3 is 0 Å². The van der Waals surface area contributed by atoms with Crippen LogP contribution in [-0.2, 0) is 7.05 Å². The van der Waals surface area contributed by atoms with Gasteiger partial charge in [-0.05, 0) is 60.1 Å². The molecular formula is C24H23N. The third-order valence-electron chi connectivity index (χ3n) is 6.07. The molecule has 4 aromatic rings. The molecule has 0 spiro atoms. The van der Waals surface area contributed by atoms with Crippen LogP contribution < -0.4 is 0 Å². The number of aromatic nitrogens is 1. The van der Waals surface area contributed by atoms with Gasteiger partial charge in [0.05, 0.1) is 0 Å². The maximum atomic E-state index is 2.40. The van der Waals surface area contributed by atoms with E-state index in [1.54, 1.807) is 5.56 Å². The van der Waals surface area contributed by atoms with Crippen LogP contribution in [0.25, 0.3) is 32.9 Å². The molecule has 3 aromatic carbocycles. The van der Waals surface area contributed by atoms with Gasteiger partial charge in [-0.3, -0.25) is 0 Å². The zero-order valence-corrected chi connectivity index (χ0v) is 14.9. The normalized spacial score (nSPS) is 15.0. The van der Waals surface area contributed by atoms with Crippen LogP contribution in [0.1, 0.15) is 36.3 Å². The quantitative estimate of drug-likeness (QED) is 0.392. The van der Waals surface area contributed by atoms with Crippen LogP contribution in [0.5, 0.6) is 0 Å². The summed E-state index contributed by atoms with van der Waals surface area (Å²) >= 11 is 0. The molecular weight excluding hydrogens is 302 g/mol. The maximum Gasteiger partial charge on any atom is 0.0495 e. The Morgan fingerprint density at radius 2 is 1.60 bits per heavy atom. The lowest BCUT2D eigenvalue weighted by Crippen LogP contribution is -2.10. The summed E-state index contributed by atoms with van der Waals surface area (Å²) in [5.41, 5.74) is 8.43. The molecule has 1 saturated carbocycles. The van der Waals surface area contributed by atoms with Gasteiger partial charge in [-0.15, -0.1) is 0 Å². The average molecular weight is 325 g/mol. The Morgan fingerprint density at radius 1 is 0.840 bits per heavy atom. The Morgan fingerprint density at radius 3 is 2.36 bits per heavy atom. The van der Waals surface area contributed by atoms with Crippen molar-refractivity contribution in [2.24, 2.45) is 7.05 Å². The van der Waals surface area contributed by atoms with Gasteiger partial charge in [-0.2, -0.15) is 0 Å². The molecule has 1 heteroatoms. The van der Waals surface area contributed by atoms with Gasteiger partial charge in [0.25, 0.3) is 0 Å². The van der Waals surface area contributed by atoms with Gasteiger partial charge in [0.2, 0.25) is 0 Å². The Bertz CT molecular complexity index is 1100. The van der Waals surface area contributed by atoms with Crippen molar-refractivity contribution in [2.75, 3.05) is 0 Å². The van der Waals surface area contributed by atoms with Crippen LogP contribution >= 0.6 is 0 Å². The first-order valence-electron chi connectivity index (χ1n) is 9.31. The highest BCUT2D eigenvalue weighted by molar-refractivity contribution is 6.15. The molecule has 1 aliphatic rings. The highest BCUT2D eigenvalue weighted by atomic mass is 14.9. The number of rotatable bonds is 2. The summed E-state index contributed by atoms with van der Waals surface area (Å²) in [6, 6.07) is 22.4. The van der Waals surface area contributed by atoms with Gasteiger partial charge in [0, 0.05) is 28.9 Å². The highest BCUT2D eigenvalue weighted by Gasteiger charge is 2.26. The van der Waals surface area contributed by atoms with Crippen molar-refractivity contribution in [3.8, 4) is 11.1 Å². The summed E-state index contributed by atoms with van der Waals surface area (Å²) in [6.07, 6.45) is 4.02. The Balaban J connectivity index is 1.97. The number of aryl methyl sites for hydroxylation is 2. The van der Waals surface area contributed by atoms with E-state index in [0.29, 0.717) is 0 Å². The van der Waals surface area contributed by atoms with Crippen molar-refractivity contribution in [1.82, 2.24) is 4.57 Å². The van der Waals surface area contributed by atoms with Crippen molar-refractivity contribution >= 4 is 21.8 Å². The van der Waals surface area contributed by atoms with E-state index in [9.17, 15) is 0 Å². The van der Waals surface area contributed by atoms with Gasteiger partial charge in [-0.25, -0.2) is 0 Å². The second-order valence-corrected chi connectivity index (χ2v) is 7.44. The summed E-state index contributed by atoms with van der Waals surface area (Å²) in [4.78, 5) is 0. The molecule has 0 radical (unpaired) electrons. The van der Waals surface area contributed by atoms with E-state index >= 15 is 0 Å². The van der Waals surface area contributed by atoms with E-state index in [2.05, 4.69) is 79.2 Å². The molecule has 1 aliphatic carbocycles. The van der Waals surface area contributed by atoms with Gasteiger partial charge in [-0.1, -0.05) is 55.0 Å². The second kappa shape index (κ2) is 5.49. The molecule has 0 amide bonds. The number of hydrogen-bond donors (Lipinski definition) is 0. The Kier molecular flexibility index (Phi) is 3.24. The van der Waals surface area contributed by atoms with Gasteiger partial charge < -0.3 is 4.57 Å². The van der Waals surface area contributed by atoms with Crippen LogP contribution in [0.4, 0.5) is 0 Å². The van der Waals surface area contributed by atoms with Crippen molar-refractivity contribution in [3.63, 3.8) is 0 Å². The summed E-state index contributed by atoms with van der Waals surface area (Å²) in [7, 11) is 2.19. The average Bonchev–Trinajstić information content (AvgIpc) is 2.88. The monoisotopic (exact) mass is 325 g/mol. The Labute approximate surface area is 148 Å². The third-order valence-corrected chi connectivity index (χ3v) is 6.07. The topological polar surface area (TPSA) is 4.93 Å². The summed E-state index contributed by atoms with van der Waals surface area (Å²) in [5, 5.41) is 2.80. The first-order valence-corrected chi connectivity index (χ1v) is 9.31. The third kappa shape index (κ3) is 2.08. The number of nitrogens with zero attached hydrogens (tertiary/aromatic N) is 1. The van der Waals surface area contributed by atoms with Crippen LogP contribution in [0.3, 0.4) is 0 Å². The lowest BCUT2D eigenvalue weighted by atomic mass is 9.76. The van der Waals surface area contributed by atoms with Crippen molar-refractivity contribution in [3.05, 3.63) is 71.8 Å². The summed E-state index contributed by atoms with van der Waals surface area (Å²) < 4.78 is 2.34. The number of benzene rings is 3. The molecule has 0 aliphatic heterocycles. The molecule has 0 bridgehead atoms. The number of para-hydroxylation sites is 1. The molecule has 0 N–H and O–H groups in total. The van der Waals surface area contributed by atoms with Crippen molar-refractivity contribution in [1.29, 1.82) is 0 Å². The largest absolute Gasteiger partial charge is 0.344 e. The molecule has 0 atom stereocenters. The minimum atomic E-state index is 0.720. The first-order chi connectivity index (χ1) is 12.3. The molecule has 0 unspecified atom stereocenters. The molecule has 1 aromatic heterocycles. The van der Waals surface area contributed by atoms with E-state index in [1.807, 2.05) is 0 Å². The number of hydrogen-bond acceptors (Lipinski definition) is 0. The predicted molar refractivity (Wildman–Crippen MR) is 107 cm³/mol. The molecule has 1 nitrogen and oxygen atoms in total. The van der Waals surface area contributed by atoms with Crippen LogP contribution in [0.2, 0.25) is 0 Å². The summed E-state index contributed by atoms with van der Waals surface area (Å²) in [5.74, 6) is 0.720. The van der Waals surface area contributed by atoms with E-state index in [-0.39, 0.29) is 0 Å². The highest BCUT2D eigenvalue weighted by Crippen LogP contribution is 2.46. The van der Waals surface area contributed by atoms with E-state index in [4.69, 9.17) is 0 Å². The minimum absolute atomic E-state index is 0.720. The molecule has 1 fully saturated rings. The van der Waals surface area contributed by atoms with Crippen molar-refractivity contribution < 1.29 is 0 Å². The maximum absolute atomic E-state index is 2.40. The second-order valence-electron chi connectivity index (χ2n) is 7.44. The fourth-order valence-electron chi connectivity index (χ4n) is 4.47. The van der Waals surface area contributed by atoms with E-state index < -0.39 is 0 Å². The standard InChI is InChI=1S/C24H23N/c1-16-8-3-4-11-18(16)23-19(17-9-7-10-17)14-15-22-24(23)20-12-5-6-13-21(20)25(22)2/h3-6,8,11-15,17H,7,9-10H2,1-2H3. The first kappa shape index (κ1) is 14.8. The number of fused-ring (bicyclic) bond motifs is 3. The predicted octanol–water partition coefficient (Wildman–Crippen LogP) is 6.57. The zero-order valence-electron chi connectivity index (χ0n) is 14.9. The zero-order chi connectivity index (χ0) is 17.0. The van der Waals surface area contributed by atoms with Crippen LogP contribution in [0, 0.1) is 6.92 Å². The molecule has 124 valence electrons. The lowest BCUT2D eigenvalue weighted by Gasteiger charge is -2.29. The summed E-state index contributed by atoms with van der Waals surface area (Å²) in [6.45, 7) is 2.24. The van der Waals surface area contributed by atoms with Crippen LogP contribution in [0.15, 0.2) is 60.7 Å². The van der Waals surface area contributed by atoms with E-state index in [1.165, 1.54) is 57.8 Å². The van der Waals surface area contributed by atoms with E-state index in [0.717, 1.165) is 5.92 Å². The molecule has 1 heterocycles. The fourth-order valence-corrected chi connectivity index (χ4v) is 4.47. The smallest absolute Gasteiger partial charge is 0.0495 e. The molecule has 0 saturated heterocycles. The van der Waals surface area contributed by atoms with Crippen LogP contribution in [-0.4, -0.2) is 4.57 Å². The fraction of sp³-hybridized carbons (Fsp3) is 0.250. The van der Waals surface area contributed by atoms with Gasteiger partial charge in [0.1, 0.15) is 0 Å². The van der Waals surface area contributed by atoms with Gasteiger partial charge in [0.15, 0.2) is 0 Å². The Hall–Kier alpha value is -2.54. The molecule has 5 rings (SSSR count). The molecule has 25 heavy (non-hydrogen) atoms. The lowest BCUT2D eigenvalue weighted by molar-refractivity contribution is 0.421. The SMILES string of the molecule is Cc1ccccc1-c1c(C2CCC2)ccc2c1c1ccccc1n2C.